The van der Waals surface area contributed by atoms with E-state index in [9.17, 15) is 12.8 Å². The Labute approximate surface area is 184 Å². The summed E-state index contributed by atoms with van der Waals surface area (Å²) in [6, 6.07) is 2.81. The number of nitrogens with one attached hydrogen (secondary N) is 1. The van der Waals surface area contributed by atoms with Crippen LogP contribution in [-0.4, -0.2) is 60.4 Å². The molecule has 1 heterocycles. The molecule has 1 aromatic carbocycles. The van der Waals surface area contributed by atoms with Gasteiger partial charge in [0, 0.05) is 12.1 Å². The van der Waals surface area contributed by atoms with Crippen molar-refractivity contribution >= 4 is 45.1 Å². The van der Waals surface area contributed by atoms with Crippen molar-refractivity contribution in [1.29, 1.82) is 0 Å². The summed E-state index contributed by atoms with van der Waals surface area (Å²) in [4.78, 5) is 14.0. The number of aromatic nitrogens is 2. The number of carboxylic acid groups (broad SMARTS) is 1. The molecule has 0 bridgehead atoms. The predicted molar refractivity (Wildman–Crippen MR) is 114 cm³/mol. The second-order valence-corrected chi connectivity index (χ2v) is 10.3. The van der Waals surface area contributed by atoms with Crippen molar-refractivity contribution in [3.8, 4) is 0 Å². The molecule has 2 atom stereocenters. The Hall–Kier alpha value is -1.82. The number of halogens is 2. The number of rotatable bonds is 6. The van der Waals surface area contributed by atoms with Gasteiger partial charge in [0.15, 0.2) is 9.84 Å². The van der Waals surface area contributed by atoms with Crippen LogP contribution in [0.3, 0.4) is 0 Å². The number of hydrogen-bond donors (Lipinski definition) is 2. The first kappa shape index (κ1) is 24.4. The highest BCUT2D eigenvalue weighted by molar-refractivity contribution is 7.90. The van der Waals surface area contributed by atoms with Gasteiger partial charge in [-0.1, -0.05) is 24.4 Å². The van der Waals surface area contributed by atoms with Crippen molar-refractivity contribution in [3.05, 3.63) is 34.3 Å². The Morgan fingerprint density at radius 2 is 2.03 bits per heavy atom. The van der Waals surface area contributed by atoms with Crippen LogP contribution in [0.4, 0.5) is 10.1 Å². The molecule has 0 unspecified atom stereocenters. The number of nitrogens with zero attached hydrogens (tertiary/aromatic N) is 3. The molecule has 12 heteroatoms. The number of hydrogen-bond acceptors (Lipinski definition) is 8. The van der Waals surface area contributed by atoms with Gasteiger partial charge in [-0.15, -0.1) is 0 Å². The van der Waals surface area contributed by atoms with E-state index < -0.39 is 26.3 Å². The van der Waals surface area contributed by atoms with Gasteiger partial charge in [0.1, 0.15) is 27.8 Å². The first-order valence-corrected chi connectivity index (χ1v) is 12.0. The third-order valence-corrected chi connectivity index (χ3v) is 7.60. The van der Waals surface area contributed by atoms with Crippen molar-refractivity contribution < 1.29 is 22.7 Å². The van der Waals surface area contributed by atoms with Crippen LogP contribution >= 0.6 is 23.1 Å². The van der Waals surface area contributed by atoms with Crippen LogP contribution in [0.25, 0.3) is 0 Å². The summed E-state index contributed by atoms with van der Waals surface area (Å²) in [5, 5.41) is 10.7. The van der Waals surface area contributed by atoms with Gasteiger partial charge in [0.25, 0.3) is 6.47 Å². The van der Waals surface area contributed by atoms with Crippen LogP contribution in [0.5, 0.6) is 0 Å². The number of likely N-dealkylation sites (N-methyl/N-ethyl adjacent to an activating group) is 1. The zero-order valence-corrected chi connectivity index (χ0v) is 19.0. The van der Waals surface area contributed by atoms with E-state index in [-0.39, 0.29) is 17.5 Å². The molecule has 1 aromatic heterocycles. The maximum atomic E-state index is 14.6. The Balaban J connectivity index is 0.00000101. The minimum absolute atomic E-state index is 0.134. The van der Waals surface area contributed by atoms with Crippen molar-refractivity contribution in [1.82, 2.24) is 14.3 Å². The minimum Gasteiger partial charge on any atom is -0.483 e. The number of benzene rings is 1. The Kier molecular flexibility index (Phi) is 8.95. The minimum atomic E-state index is -3.90. The zero-order valence-electron chi connectivity index (χ0n) is 16.6. The number of carbonyl (C=O) groups is 1. The highest BCUT2D eigenvalue weighted by Crippen LogP contribution is 2.32. The van der Waals surface area contributed by atoms with Gasteiger partial charge < -0.3 is 15.3 Å². The molecule has 1 aliphatic carbocycles. The van der Waals surface area contributed by atoms with E-state index >= 15 is 0 Å². The largest absolute Gasteiger partial charge is 0.483 e. The molecule has 1 aliphatic rings. The average Bonchev–Trinajstić information content (AvgIpc) is 3.17. The van der Waals surface area contributed by atoms with Crippen molar-refractivity contribution in [2.75, 3.05) is 19.4 Å². The van der Waals surface area contributed by atoms with Gasteiger partial charge in [0.2, 0.25) is 0 Å². The van der Waals surface area contributed by atoms with Crippen LogP contribution in [0.15, 0.2) is 23.4 Å². The van der Waals surface area contributed by atoms with Crippen LogP contribution in [0.1, 0.15) is 30.7 Å². The fourth-order valence-corrected chi connectivity index (χ4v) is 5.95. The summed E-state index contributed by atoms with van der Waals surface area (Å²) in [7, 11) is 0.150. The van der Waals surface area contributed by atoms with Gasteiger partial charge in [0.05, 0.1) is 10.7 Å². The summed E-state index contributed by atoms with van der Waals surface area (Å²) >= 11 is 7.27. The molecular weight excluding hydrogens is 455 g/mol. The molecule has 0 spiro atoms. The topological polar surface area (TPSA) is 112 Å². The van der Waals surface area contributed by atoms with Crippen LogP contribution in [-0.2, 0) is 20.4 Å². The predicted octanol–water partition coefficient (Wildman–Crippen LogP) is 3.29. The third-order valence-electron chi connectivity index (χ3n) is 4.81. The molecule has 166 valence electrons. The third kappa shape index (κ3) is 6.34. The summed E-state index contributed by atoms with van der Waals surface area (Å²) in [5.74, 6) is -1.22. The molecule has 2 N–H and O–H groups in total. The SMILES string of the molecule is CN(C)[C@H]1CCCC[C@@H]1Nc1cc(F)c(S(=O)(=O)Cc2ncns2)cc1Cl.O=CO. The molecule has 0 aliphatic heterocycles. The van der Waals surface area contributed by atoms with Crippen LogP contribution in [0.2, 0.25) is 5.02 Å². The zero-order chi connectivity index (χ0) is 22.3. The molecule has 1 saturated carbocycles. The normalized spacial score (nSPS) is 19.1. The van der Waals surface area contributed by atoms with E-state index in [0.29, 0.717) is 16.7 Å². The van der Waals surface area contributed by atoms with E-state index in [1.165, 1.54) is 18.5 Å². The molecule has 1 fully saturated rings. The van der Waals surface area contributed by atoms with Gasteiger partial charge in [-0.2, -0.15) is 4.37 Å². The summed E-state index contributed by atoms with van der Waals surface area (Å²) in [5.41, 5.74) is 0.419. The summed E-state index contributed by atoms with van der Waals surface area (Å²) in [6.07, 6.45) is 5.54. The summed E-state index contributed by atoms with van der Waals surface area (Å²) < 4.78 is 43.5. The first-order valence-electron chi connectivity index (χ1n) is 9.17. The highest BCUT2D eigenvalue weighted by atomic mass is 35.5. The molecule has 0 saturated heterocycles. The molecule has 30 heavy (non-hydrogen) atoms. The Morgan fingerprint density at radius 1 is 1.37 bits per heavy atom. The Bertz CT molecular complexity index is 942. The monoisotopic (exact) mass is 478 g/mol. The molecule has 8 nitrogen and oxygen atoms in total. The maximum absolute atomic E-state index is 14.6. The Morgan fingerprint density at radius 3 is 2.63 bits per heavy atom. The second-order valence-electron chi connectivity index (χ2n) is 7.03. The van der Waals surface area contributed by atoms with E-state index in [1.54, 1.807) is 0 Å². The standard InChI is InChI=1S/C17H22ClFN4O2S2.CH2O2/c1-23(2)15-6-4-3-5-13(15)22-14-8-12(19)16(7-11(14)18)27(24,25)9-17-20-10-21-26-17;2-1-3/h7-8,10,13,15,22H,3-6,9H2,1-2H3;1H,(H,2,3)/t13-,15-;/m0./s1. The van der Waals surface area contributed by atoms with Crippen LogP contribution < -0.4 is 5.32 Å². The lowest BCUT2D eigenvalue weighted by atomic mass is 9.89. The molecule has 0 amide bonds. The molecule has 0 radical (unpaired) electrons. The van der Waals surface area contributed by atoms with Gasteiger partial charge in [-0.3, -0.25) is 4.79 Å². The quantitative estimate of drug-likeness (QED) is 0.608. The van der Waals surface area contributed by atoms with Crippen molar-refractivity contribution in [3.63, 3.8) is 0 Å². The number of sulfone groups is 1. The maximum Gasteiger partial charge on any atom is 0.290 e. The molecule has 3 rings (SSSR count). The van der Waals surface area contributed by atoms with Gasteiger partial charge >= 0.3 is 0 Å². The first-order chi connectivity index (χ1) is 14.2. The lowest BCUT2D eigenvalue weighted by Gasteiger charge is -2.37. The van der Waals surface area contributed by atoms with Crippen molar-refractivity contribution in [2.24, 2.45) is 0 Å². The summed E-state index contributed by atoms with van der Waals surface area (Å²) in [6.45, 7) is -0.250. The highest BCUT2D eigenvalue weighted by Gasteiger charge is 2.28. The van der Waals surface area contributed by atoms with E-state index in [2.05, 4.69) is 19.6 Å². The average molecular weight is 479 g/mol. The lowest BCUT2D eigenvalue weighted by molar-refractivity contribution is -0.122. The van der Waals surface area contributed by atoms with E-state index in [0.717, 1.165) is 37.2 Å². The molecular formula is C18H24ClFN4O4S2. The lowest BCUT2D eigenvalue weighted by Crippen LogP contribution is -2.45. The van der Waals surface area contributed by atoms with Gasteiger partial charge in [-0.05, 0) is 50.6 Å². The van der Waals surface area contributed by atoms with Gasteiger partial charge in [-0.25, -0.2) is 17.8 Å². The fourth-order valence-electron chi connectivity index (χ4n) is 3.47. The second kappa shape index (κ2) is 11.0. The smallest absolute Gasteiger partial charge is 0.290 e. The molecule has 2 aromatic rings. The van der Waals surface area contributed by atoms with Crippen LogP contribution in [0, 0.1) is 5.82 Å². The van der Waals surface area contributed by atoms with Crippen molar-refractivity contribution in [2.45, 2.75) is 48.4 Å². The van der Waals surface area contributed by atoms with E-state index in [4.69, 9.17) is 21.5 Å². The fraction of sp³-hybridized carbons (Fsp3) is 0.500. The number of anilines is 1. The van der Waals surface area contributed by atoms with E-state index in [1.807, 2.05) is 14.1 Å².